The lowest BCUT2D eigenvalue weighted by atomic mass is 10.1. The summed E-state index contributed by atoms with van der Waals surface area (Å²) in [5.74, 6) is 1.56. The minimum atomic E-state index is -0.539. The van der Waals surface area contributed by atoms with Crippen LogP contribution in [0.15, 0.2) is 48.5 Å². The zero-order chi connectivity index (χ0) is 19.9. The van der Waals surface area contributed by atoms with Gasteiger partial charge in [-0.25, -0.2) is 0 Å². The lowest BCUT2D eigenvalue weighted by molar-refractivity contribution is -0.138. The first-order valence-corrected chi connectivity index (χ1v) is 10.1. The number of hydrogen-bond donors (Lipinski definition) is 0. The van der Waals surface area contributed by atoms with Gasteiger partial charge in [-0.3, -0.25) is 9.69 Å². The number of carbonyl (C=O) groups excluding carboxylic acids is 1. The van der Waals surface area contributed by atoms with E-state index in [-0.39, 0.29) is 5.91 Å². The lowest BCUT2D eigenvalue weighted by Gasteiger charge is -2.24. The van der Waals surface area contributed by atoms with Gasteiger partial charge in [0.15, 0.2) is 6.10 Å². The molecule has 1 amide bonds. The van der Waals surface area contributed by atoms with E-state index in [1.54, 1.807) is 6.92 Å². The maximum Gasteiger partial charge on any atom is 0.263 e. The van der Waals surface area contributed by atoms with E-state index in [0.29, 0.717) is 25.4 Å². The fraction of sp³-hybridized carbons (Fsp3) is 0.435. The predicted octanol–water partition coefficient (Wildman–Crippen LogP) is 3.72. The molecule has 0 radical (unpaired) electrons. The highest BCUT2D eigenvalue weighted by molar-refractivity contribution is 5.81. The molecular formula is C23H30N2O3. The van der Waals surface area contributed by atoms with Crippen LogP contribution in [0, 0.1) is 0 Å². The van der Waals surface area contributed by atoms with Gasteiger partial charge >= 0.3 is 0 Å². The summed E-state index contributed by atoms with van der Waals surface area (Å²) in [6, 6.07) is 15.8. The average molecular weight is 383 g/mol. The largest absolute Gasteiger partial charge is 0.491 e. The fourth-order valence-corrected chi connectivity index (χ4v) is 3.45. The van der Waals surface area contributed by atoms with Crippen LogP contribution in [0.3, 0.4) is 0 Å². The van der Waals surface area contributed by atoms with E-state index in [2.05, 4.69) is 30.9 Å². The van der Waals surface area contributed by atoms with E-state index in [1.165, 1.54) is 5.56 Å². The Morgan fingerprint density at radius 3 is 2.64 bits per heavy atom. The molecule has 0 saturated heterocycles. The Hall–Kier alpha value is -2.53. The van der Waals surface area contributed by atoms with Crippen LogP contribution in [0.2, 0.25) is 0 Å². The first-order chi connectivity index (χ1) is 13.6. The SMILES string of the molecule is CCN(CC)Cc1ccc2c(c1)CN(C(=O)C(C)Oc1ccccc1)CCO2. The van der Waals surface area contributed by atoms with Crippen molar-refractivity contribution in [2.45, 2.75) is 40.0 Å². The molecule has 1 aliphatic rings. The van der Waals surface area contributed by atoms with Crippen LogP contribution < -0.4 is 9.47 Å². The molecule has 150 valence electrons. The monoisotopic (exact) mass is 382 g/mol. The third kappa shape index (κ3) is 5.04. The zero-order valence-corrected chi connectivity index (χ0v) is 17.1. The number of hydrogen-bond acceptors (Lipinski definition) is 4. The molecule has 0 fully saturated rings. The quantitative estimate of drug-likeness (QED) is 0.732. The predicted molar refractivity (Wildman–Crippen MR) is 111 cm³/mol. The van der Waals surface area contributed by atoms with Gasteiger partial charge in [-0.1, -0.05) is 38.1 Å². The van der Waals surface area contributed by atoms with Gasteiger partial charge < -0.3 is 14.4 Å². The van der Waals surface area contributed by atoms with E-state index >= 15 is 0 Å². The van der Waals surface area contributed by atoms with Gasteiger partial charge in [-0.05, 0) is 49.8 Å². The summed E-state index contributed by atoms with van der Waals surface area (Å²) < 4.78 is 11.7. The second-order valence-corrected chi connectivity index (χ2v) is 7.08. The van der Waals surface area contributed by atoms with Crippen LogP contribution in [-0.2, 0) is 17.9 Å². The van der Waals surface area contributed by atoms with Gasteiger partial charge in [0.1, 0.15) is 18.1 Å². The topological polar surface area (TPSA) is 42.0 Å². The molecule has 0 aliphatic carbocycles. The molecule has 2 aromatic rings. The number of benzene rings is 2. The lowest BCUT2D eigenvalue weighted by Crippen LogP contribution is -2.41. The van der Waals surface area contributed by atoms with E-state index in [4.69, 9.17) is 9.47 Å². The third-order valence-corrected chi connectivity index (χ3v) is 5.12. The number of rotatable bonds is 7. The van der Waals surface area contributed by atoms with Crippen molar-refractivity contribution in [2.24, 2.45) is 0 Å². The van der Waals surface area contributed by atoms with Crippen molar-refractivity contribution in [2.75, 3.05) is 26.2 Å². The second kappa shape index (κ2) is 9.60. The summed E-state index contributed by atoms with van der Waals surface area (Å²) in [5.41, 5.74) is 2.30. The highest BCUT2D eigenvalue weighted by Crippen LogP contribution is 2.26. The number of carbonyl (C=O) groups is 1. The van der Waals surface area contributed by atoms with Crippen molar-refractivity contribution in [3.63, 3.8) is 0 Å². The molecule has 2 aromatic carbocycles. The number of nitrogens with zero attached hydrogens (tertiary/aromatic N) is 2. The van der Waals surface area contributed by atoms with Crippen LogP contribution >= 0.6 is 0 Å². The Morgan fingerprint density at radius 2 is 1.93 bits per heavy atom. The summed E-state index contributed by atoms with van der Waals surface area (Å²) in [6.07, 6.45) is -0.539. The Morgan fingerprint density at radius 1 is 1.18 bits per heavy atom. The summed E-state index contributed by atoms with van der Waals surface area (Å²) in [4.78, 5) is 17.2. The number of ether oxygens (including phenoxy) is 2. The summed E-state index contributed by atoms with van der Waals surface area (Å²) in [6.45, 7) is 10.7. The van der Waals surface area contributed by atoms with E-state index in [9.17, 15) is 4.79 Å². The average Bonchev–Trinajstić information content (AvgIpc) is 2.94. The minimum absolute atomic E-state index is 0.0190. The van der Waals surface area contributed by atoms with Crippen molar-refractivity contribution >= 4 is 5.91 Å². The molecular weight excluding hydrogens is 352 g/mol. The molecule has 0 bridgehead atoms. The maximum absolute atomic E-state index is 13.0. The van der Waals surface area contributed by atoms with Gasteiger partial charge in [0.25, 0.3) is 5.91 Å². The summed E-state index contributed by atoms with van der Waals surface area (Å²) >= 11 is 0. The molecule has 1 heterocycles. The number of amides is 1. The molecule has 1 atom stereocenters. The first-order valence-electron chi connectivity index (χ1n) is 10.1. The first kappa shape index (κ1) is 20.2. The summed E-state index contributed by atoms with van der Waals surface area (Å²) in [7, 11) is 0. The van der Waals surface area contributed by atoms with Crippen LogP contribution in [0.5, 0.6) is 11.5 Å². The highest BCUT2D eigenvalue weighted by Gasteiger charge is 2.25. The van der Waals surface area contributed by atoms with Crippen molar-refractivity contribution < 1.29 is 14.3 Å². The Bertz CT molecular complexity index is 775. The Labute approximate surface area is 167 Å². The fourth-order valence-electron chi connectivity index (χ4n) is 3.45. The minimum Gasteiger partial charge on any atom is -0.491 e. The van der Waals surface area contributed by atoms with E-state index in [0.717, 1.165) is 30.9 Å². The molecule has 5 nitrogen and oxygen atoms in total. The molecule has 0 saturated carbocycles. The van der Waals surface area contributed by atoms with Crippen LogP contribution in [0.4, 0.5) is 0 Å². The van der Waals surface area contributed by atoms with Crippen molar-refractivity contribution in [3.8, 4) is 11.5 Å². The van der Waals surface area contributed by atoms with Crippen molar-refractivity contribution in [1.82, 2.24) is 9.80 Å². The molecule has 3 rings (SSSR count). The molecule has 0 N–H and O–H groups in total. The van der Waals surface area contributed by atoms with Crippen LogP contribution in [0.1, 0.15) is 31.9 Å². The molecule has 28 heavy (non-hydrogen) atoms. The zero-order valence-electron chi connectivity index (χ0n) is 17.1. The number of para-hydroxylation sites is 1. The summed E-state index contributed by atoms with van der Waals surface area (Å²) in [5, 5.41) is 0. The van der Waals surface area contributed by atoms with Gasteiger partial charge in [-0.15, -0.1) is 0 Å². The van der Waals surface area contributed by atoms with E-state index < -0.39 is 6.10 Å². The number of fused-ring (bicyclic) bond motifs is 1. The maximum atomic E-state index is 13.0. The molecule has 0 spiro atoms. The Balaban J connectivity index is 1.70. The third-order valence-electron chi connectivity index (χ3n) is 5.12. The van der Waals surface area contributed by atoms with E-state index in [1.807, 2.05) is 41.3 Å². The van der Waals surface area contributed by atoms with Gasteiger partial charge in [0.05, 0.1) is 6.54 Å². The standard InChI is InChI=1S/C23H30N2O3/c1-4-24(5-2)16-19-11-12-22-20(15-19)17-25(13-14-27-22)23(26)18(3)28-21-9-7-6-8-10-21/h6-12,15,18H,4-5,13-14,16-17H2,1-3H3. The second-order valence-electron chi connectivity index (χ2n) is 7.08. The normalized spacial score (nSPS) is 14.8. The molecule has 1 unspecified atom stereocenters. The van der Waals surface area contributed by atoms with Crippen LogP contribution in [0.25, 0.3) is 0 Å². The smallest absolute Gasteiger partial charge is 0.263 e. The highest BCUT2D eigenvalue weighted by atomic mass is 16.5. The van der Waals surface area contributed by atoms with Gasteiger partial charge in [-0.2, -0.15) is 0 Å². The van der Waals surface area contributed by atoms with Crippen LogP contribution in [-0.4, -0.2) is 48.1 Å². The molecule has 0 aromatic heterocycles. The van der Waals surface area contributed by atoms with Gasteiger partial charge in [0.2, 0.25) is 0 Å². The molecule has 5 heteroatoms. The van der Waals surface area contributed by atoms with Crippen molar-refractivity contribution in [3.05, 3.63) is 59.7 Å². The Kier molecular flexibility index (Phi) is 6.93. The molecule has 1 aliphatic heterocycles. The van der Waals surface area contributed by atoms with Gasteiger partial charge in [0, 0.05) is 18.7 Å². The van der Waals surface area contributed by atoms with Crippen molar-refractivity contribution in [1.29, 1.82) is 0 Å².